The Balaban J connectivity index is 1.99. The SMILES string of the molecule is CCn1cnnc1CNC(=O)c1cc(C(=O)O)on1. The lowest BCUT2D eigenvalue weighted by Crippen LogP contribution is -2.25. The zero-order chi connectivity index (χ0) is 13.8. The lowest BCUT2D eigenvalue weighted by atomic mass is 10.3. The largest absolute Gasteiger partial charge is 0.475 e. The van der Waals surface area contributed by atoms with Crippen molar-refractivity contribution in [3.63, 3.8) is 0 Å². The molecule has 2 aromatic heterocycles. The second-order valence-corrected chi connectivity index (χ2v) is 3.60. The van der Waals surface area contributed by atoms with Gasteiger partial charge in [-0.05, 0) is 6.92 Å². The fourth-order valence-corrected chi connectivity index (χ4v) is 1.41. The van der Waals surface area contributed by atoms with Crippen LogP contribution in [0.1, 0.15) is 33.8 Å². The molecule has 0 saturated heterocycles. The minimum absolute atomic E-state index is 0.0973. The Kier molecular flexibility index (Phi) is 3.55. The Bertz CT molecular complexity index is 603. The number of nitrogens with one attached hydrogen (secondary N) is 1. The number of carbonyl (C=O) groups excluding carboxylic acids is 1. The topological polar surface area (TPSA) is 123 Å². The second-order valence-electron chi connectivity index (χ2n) is 3.60. The van der Waals surface area contributed by atoms with Gasteiger partial charge in [-0.25, -0.2) is 4.79 Å². The highest BCUT2D eigenvalue weighted by molar-refractivity contribution is 5.94. The van der Waals surface area contributed by atoms with Gasteiger partial charge in [0.05, 0.1) is 6.54 Å². The van der Waals surface area contributed by atoms with E-state index in [1.807, 2.05) is 6.92 Å². The lowest BCUT2D eigenvalue weighted by Gasteiger charge is -2.03. The van der Waals surface area contributed by atoms with Gasteiger partial charge in [-0.2, -0.15) is 0 Å². The van der Waals surface area contributed by atoms with Gasteiger partial charge < -0.3 is 19.5 Å². The third kappa shape index (κ3) is 2.76. The van der Waals surface area contributed by atoms with E-state index >= 15 is 0 Å². The van der Waals surface area contributed by atoms with Gasteiger partial charge in [0.15, 0.2) is 11.5 Å². The van der Waals surface area contributed by atoms with Gasteiger partial charge in [-0.1, -0.05) is 5.16 Å². The molecule has 9 nitrogen and oxygen atoms in total. The fraction of sp³-hybridized carbons (Fsp3) is 0.300. The Morgan fingerprint density at radius 2 is 2.32 bits per heavy atom. The number of carboxylic acids is 1. The van der Waals surface area contributed by atoms with Crippen LogP contribution in [0.15, 0.2) is 16.9 Å². The quantitative estimate of drug-likeness (QED) is 0.774. The van der Waals surface area contributed by atoms with Crippen LogP contribution >= 0.6 is 0 Å². The molecule has 100 valence electrons. The van der Waals surface area contributed by atoms with Crippen LogP contribution in [-0.4, -0.2) is 36.9 Å². The van der Waals surface area contributed by atoms with Crippen molar-refractivity contribution in [2.45, 2.75) is 20.0 Å². The molecule has 2 N–H and O–H groups in total. The highest BCUT2D eigenvalue weighted by Gasteiger charge is 2.16. The molecule has 0 aliphatic carbocycles. The molecule has 0 saturated carbocycles. The molecule has 2 rings (SSSR count). The van der Waals surface area contributed by atoms with E-state index in [4.69, 9.17) is 5.11 Å². The molecule has 2 heterocycles. The van der Waals surface area contributed by atoms with Crippen molar-refractivity contribution < 1.29 is 19.2 Å². The van der Waals surface area contributed by atoms with E-state index in [1.165, 1.54) is 0 Å². The van der Waals surface area contributed by atoms with Gasteiger partial charge in [0.1, 0.15) is 6.33 Å². The summed E-state index contributed by atoms with van der Waals surface area (Å²) in [5.41, 5.74) is -0.0973. The van der Waals surface area contributed by atoms with Gasteiger partial charge in [0, 0.05) is 12.6 Å². The van der Waals surface area contributed by atoms with E-state index in [0.717, 1.165) is 6.07 Å². The van der Waals surface area contributed by atoms with E-state index in [1.54, 1.807) is 10.9 Å². The first-order valence-corrected chi connectivity index (χ1v) is 5.46. The summed E-state index contributed by atoms with van der Waals surface area (Å²) >= 11 is 0. The number of aromatic nitrogens is 4. The maximum Gasteiger partial charge on any atom is 0.374 e. The molecular weight excluding hydrogens is 254 g/mol. The smallest absolute Gasteiger partial charge is 0.374 e. The van der Waals surface area contributed by atoms with Crippen LogP contribution in [0.2, 0.25) is 0 Å². The summed E-state index contributed by atoms with van der Waals surface area (Å²) in [6.07, 6.45) is 1.56. The maximum atomic E-state index is 11.7. The van der Waals surface area contributed by atoms with Crippen molar-refractivity contribution in [3.05, 3.63) is 29.7 Å². The summed E-state index contributed by atoms with van der Waals surface area (Å²) < 4.78 is 6.26. The zero-order valence-corrected chi connectivity index (χ0v) is 10.0. The number of hydrogen-bond donors (Lipinski definition) is 2. The van der Waals surface area contributed by atoms with Crippen LogP contribution in [0.25, 0.3) is 0 Å². The van der Waals surface area contributed by atoms with Gasteiger partial charge in [-0.15, -0.1) is 10.2 Å². The first-order chi connectivity index (χ1) is 9.11. The van der Waals surface area contributed by atoms with Crippen molar-refractivity contribution >= 4 is 11.9 Å². The van der Waals surface area contributed by atoms with E-state index in [9.17, 15) is 9.59 Å². The lowest BCUT2D eigenvalue weighted by molar-refractivity contribution is 0.0651. The van der Waals surface area contributed by atoms with Crippen LogP contribution in [0.5, 0.6) is 0 Å². The number of aromatic carboxylic acids is 1. The molecule has 0 fully saturated rings. The summed E-state index contributed by atoms with van der Waals surface area (Å²) in [5, 5.41) is 22.1. The van der Waals surface area contributed by atoms with Crippen LogP contribution in [-0.2, 0) is 13.1 Å². The predicted molar refractivity (Wildman–Crippen MR) is 60.3 cm³/mol. The minimum atomic E-state index is -1.28. The van der Waals surface area contributed by atoms with Crippen molar-refractivity contribution in [1.29, 1.82) is 0 Å². The van der Waals surface area contributed by atoms with Gasteiger partial charge in [0.2, 0.25) is 5.76 Å². The number of aryl methyl sites for hydroxylation is 1. The van der Waals surface area contributed by atoms with Gasteiger partial charge in [0.25, 0.3) is 5.91 Å². The molecule has 0 bridgehead atoms. The molecule has 0 radical (unpaired) electrons. The Morgan fingerprint density at radius 1 is 1.53 bits per heavy atom. The van der Waals surface area contributed by atoms with Crippen LogP contribution in [0, 0.1) is 0 Å². The van der Waals surface area contributed by atoms with Crippen molar-refractivity contribution in [1.82, 2.24) is 25.2 Å². The van der Waals surface area contributed by atoms with Crippen molar-refractivity contribution in [2.24, 2.45) is 0 Å². The summed E-state index contributed by atoms with van der Waals surface area (Å²) in [6, 6.07) is 1.06. The maximum absolute atomic E-state index is 11.7. The summed E-state index contributed by atoms with van der Waals surface area (Å²) in [5.74, 6) is -1.61. The average Bonchev–Trinajstić information content (AvgIpc) is 3.04. The highest BCUT2D eigenvalue weighted by atomic mass is 16.5. The predicted octanol–water partition coefficient (Wildman–Crippen LogP) is -0.0858. The molecule has 0 spiro atoms. The first-order valence-electron chi connectivity index (χ1n) is 5.46. The molecule has 0 unspecified atom stereocenters. The van der Waals surface area contributed by atoms with Crippen LogP contribution in [0.3, 0.4) is 0 Å². The normalized spacial score (nSPS) is 10.4. The van der Waals surface area contributed by atoms with Crippen molar-refractivity contribution in [3.8, 4) is 0 Å². The minimum Gasteiger partial charge on any atom is -0.475 e. The van der Waals surface area contributed by atoms with Gasteiger partial charge >= 0.3 is 5.97 Å². The van der Waals surface area contributed by atoms with E-state index in [0.29, 0.717) is 12.4 Å². The third-order valence-electron chi connectivity index (χ3n) is 2.40. The number of amides is 1. The Hall–Kier alpha value is -2.71. The van der Waals surface area contributed by atoms with E-state index < -0.39 is 11.9 Å². The number of nitrogens with zero attached hydrogens (tertiary/aromatic N) is 4. The number of rotatable bonds is 5. The van der Waals surface area contributed by atoms with E-state index in [2.05, 4.69) is 25.2 Å². The third-order valence-corrected chi connectivity index (χ3v) is 2.40. The molecule has 2 aromatic rings. The van der Waals surface area contributed by atoms with Crippen LogP contribution < -0.4 is 5.32 Å². The summed E-state index contributed by atoms with van der Waals surface area (Å²) in [6.45, 7) is 2.78. The van der Waals surface area contributed by atoms with Crippen LogP contribution in [0.4, 0.5) is 0 Å². The molecule has 0 aliphatic rings. The molecule has 19 heavy (non-hydrogen) atoms. The molecular formula is C10H11N5O4. The number of carbonyl (C=O) groups is 2. The van der Waals surface area contributed by atoms with E-state index in [-0.39, 0.29) is 18.0 Å². The molecule has 0 aromatic carbocycles. The average molecular weight is 265 g/mol. The molecule has 1 amide bonds. The summed E-state index contributed by atoms with van der Waals surface area (Å²) in [4.78, 5) is 22.3. The standard InChI is InChI=1S/C10H11N5O4/c1-2-15-5-12-13-8(15)4-11-9(16)6-3-7(10(17)18)19-14-6/h3,5H,2,4H2,1H3,(H,11,16)(H,17,18). The Morgan fingerprint density at radius 3 is 2.95 bits per heavy atom. The number of hydrogen-bond acceptors (Lipinski definition) is 6. The summed E-state index contributed by atoms with van der Waals surface area (Å²) in [7, 11) is 0. The Labute approximate surface area is 107 Å². The monoisotopic (exact) mass is 265 g/mol. The number of carboxylic acid groups (broad SMARTS) is 1. The fourth-order valence-electron chi connectivity index (χ4n) is 1.41. The zero-order valence-electron chi connectivity index (χ0n) is 10.0. The highest BCUT2D eigenvalue weighted by Crippen LogP contribution is 2.03. The molecule has 0 aliphatic heterocycles. The molecule has 0 atom stereocenters. The molecule has 9 heteroatoms. The van der Waals surface area contributed by atoms with Crippen molar-refractivity contribution in [2.75, 3.05) is 0 Å². The van der Waals surface area contributed by atoms with Gasteiger partial charge in [-0.3, -0.25) is 4.79 Å². The first kappa shape index (κ1) is 12.7. The second kappa shape index (κ2) is 5.29.